The molecule has 0 amide bonds. The van der Waals surface area contributed by atoms with Gasteiger partial charge in [0.15, 0.2) is 5.78 Å². The van der Waals surface area contributed by atoms with Crippen LogP contribution in [-0.4, -0.2) is 22.9 Å². The Balaban J connectivity index is 1.71. The molecule has 0 bridgehead atoms. The van der Waals surface area contributed by atoms with Crippen molar-refractivity contribution in [2.24, 2.45) is 5.92 Å². The second kappa shape index (κ2) is 5.37. The topological polar surface area (TPSA) is 42.0 Å². The van der Waals surface area contributed by atoms with Crippen LogP contribution >= 0.6 is 0 Å². The minimum atomic E-state index is -0.447. The van der Waals surface area contributed by atoms with Crippen LogP contribution in [0.2, 0.25) is 0 Å². The van der Waals surface area contributed by atoms with Crippen LogP contribution in [0.15, 0.2) is 18.5 Å². The van der Waals surface area contributed by atoms with Gasteiger partial charge in [-0.25, -0.2) is 4.39 Å². The van der Waals surface area contributed by atoms with Crippen molar-refractivity contribution in [3.8, 4) is 0 Å². The SMILES string of the molecule is O=C(c1cncc(F)c1)C1CCC2CCCCC2N1. The first-order chi connectivity index (χ1) is 9.24. The Labute approximate surface area is 112 Å². The standard InChI is InChI=1S/C15H19FN2O/c16-12-7-11(8-17-9-12)15(19)14-6-5-10-3-1-2-4-13(10)18-14/h7-10,13-14,18H,1-6H2. The van der Waals surface area contributed by atoms with E-state index in [1.165, 1.54) is 31.5 Å². The maximum absolute atomic E-state index is 13.1. The Morgan fingerprint density at radius 2 is 2.05 bits per heavy atom. The first-order valence-electron chi connectivity index (χ1n) is 7.15. The summed E-state index contributed by atoms with van der Waals surface area (Å²) in [5, 5.41) is 3.47. The number of rotatable bonds is 2. The van der Waals surface area contributed by atoms with Crippen molar-refractivity contribution >= 4 is 5.78 Å². The third kappa shape index (κ3) is 2.68. The summed E-state index contributed by atoms with van der Waals surface area (Å²) in [4.78, 5) is 16.1. The van der Waals surface area contributed by atoms with Crippen LogP contribution in [0.3, 0.4) is 0 Å². The first kappa shape index (κ1) is 12.7. The van der Waals surface area contributed by atoms with Crippen molar-refractivity contribution < 1.29 is 9.18 Å². The van der Waals surface area contributed by atoms with Crippen LogP contribution in [0, 0.1) is 11.7 Å². The van der Waals surface area contributed by atoms with E-state index in [-0.39, 0.29) is 11.8 Å². The van der Waals surface area contributed by atoms with E-state index in [0.717, 1.165) is 31.4 Å². The molecule has 1 saturated carbocycles. The van der Waals surface area contributed by atoms with Crippen molar-refractivity contribution in [1.29, 1.82) is 0 Å². The highest BCUT2D eigenvalue weighted by Gasteiger charge is 2.34. The molecule has 0 spiro atoms. The van der Waals surface area contributed by atoms with Crippen molar-refractivity contribution in [2.45, 2.75) is 50.6 Å². The van der Waals surface area contributed by atoms with Gasteiger partial charge in [-0.05, 0) is 37.7 Å². The van der Waals surface area contributed by atoms with E-state index in [1.807, 2.05) is 0 Å². The molecular weight excluding hydrogens is 243 g/mol. The number of pyridine rings is 1. The number of nitrogens with zero attached hydrogens (tertiary/aromatic N) is 1. The number of carbonyl (C=O) groups excluding carboxylic acids is 1. The summed E-state index contributed by atoms with van der Waals surface area (Å²) in [6.07, 6.45) is 9.55. The Bertz CT molecular complexity index is 477. The summed E-state index contributed by atoms with van der Waals surface area (Å²) in [6.45, 7) is 0. The summed E-state index contributed by atoms with van der Waals surface area (Å²) in [5.41, 5.74) is 0.381. The zero-order chi connectivity index (χ0) is 13.2. The number of hydrogen-bond donors (Lipinski definition) is 1. The van der Waals surface area contributed by atoms with Crippen LogP contribution in [0.4, 0.5) is 4.39 Å². The molecule has 1 aliphatic heterocycles. The highest BCUT2D eigenvalue weighted by atomic mass is 19.1. The van der Waals surface area contributed by atoms with E-state index in [1.54, 1.807) is 0 Å². The molecule has 1 N–H and O–H groups in total. The highest BCUT2D eigenvalue weighted by molar-refractivity contribution is 5.99. The number of ketones is 1. The number of Topliss-reactive ketones (excluding diaryl/α,β-unsaturated/α-hetero) is 1. The van der Waals surface area contributed by atoms with Crippen molar-refractivity contribution in [3.05, 3.63) is 29.8 Å². The fourth-order valence-corrected chi connectivity index (χ4v) is 3.45. The minimum absolute atomic E-state index is 0.0176. The van der Waals surface area contributed by atoms with E-state index in [2.05, 4.69) is 10.3 Å². The second-order valence-electron chi connectivity index (χ2n) is 5.70. The Hall–Kier alpha value is -1.29. The van der Waals surface area contributed by atoms with Gasteiger partial charge >= 0.3 is 0 Å². The summed E-state index contributed by atoms with van der Waals surface area (Å²) < 4.78 is 13.1. The Morgan fingerprint density at radius 1 is 1.21 bits per heavy atom. The summed E-state index contributed by atoms with van der Waals surface area (Å²) in [6, 6.07) is 1.59. The Morgan fingerprint density at radius 3 is 2.89 bits per heavy atom. The maximum Gasteiger partial charge on any atom is 0.181 e. The van der Waals surface area contributed by atoms with Crippen LogP contribution < -0.4 is 5.32 Å². The quantitative estimate of drug-likeness (QED) is 0.833. The maximum atomic E-state index is 13.1. The van der Waals surface area contributed by atoms with Crippen molar-refractivity contribution in [1.82, 2.24) is 10.3 Å². The van der Waals surface area contributed by atoms with Gasteiger partial charge in [-0.3, -0.25) is 9.78 Å². The molecule has 2 aliphatic rings. The smallest absolute Gasteiger partial charge is 0.181 e. The molecule has 3 nitrogen and oxygen atoms in total. The zero-order valence-corrected chi connectivity index (χ0v) is 10.9. The van der Waals surface area contributed by atoms with Gasteiger partial charge in [0, 0.05) is 17.8 Å². The highest BCUT2D eigenvalue weighted by Crippen LogP contribution is 2.32. The van der Waals surface area contributed by atoms with Crippen LogP contribution in [0.5, 0.6) is 0 Å². The molecule has 3 rings (SSSR count). The predicted octanol–water partition coefficient (Wildman–Crippen LogP) is 2.71. The number of nitrogens with one attached hydrogen (secondary N) is 1. The molecule has 0 radical (unpaired) electrons. The third-order valence-electron chi connectivity index (χ3n) is 4.46. The van der Waals surface area contributed by atoms with Gasteiger partial charge < -0.3 is 5.32 Å². The fourth-order valence-electron chi connectivity index (χ4n) is 3.45. The normalized spacial score (nSPS) is 30.7. The van der Waals surface area contributed by atoms with Gasteiger partial charge in [-0.2, -0.15) is 0 Å². The summed E-state index contributed by atoms with van der Waals surface area (Å²) >= 11 is 0. The largest absolute Gasteiger partial charge is 0.304 e. The van der Waals surface area contributed by atoms with Crippen LogP contribution in [-0.2, 0) is 0 Å². The van der Waals surface area contributed by atoms with E-state index in [4.69, 9.17) is 0 Å². The Kier molecular flexibility index (Phi) is 3.60. The lowest BCUT2D eigenvalue weighted by Gasteiger charge is -2.39. The van der Waals surface area contributed by atoms with Gasteiger partial charge in [-0.1, -0.05) is 12.8 Å². The zero-order valence-electron chi connectivity index (χ0n) is 10.9. The average molecular weight is 262 g/mol. The fraction of sp³-hybridized carbons (Fsp3) is 0.600. The molecule has 1 aliphatic carbocycles. The molecule has 1 aromatic heterocycles. The molecule has 0 aromatic carbocycles. The molecule has 2 fully saturated rings. The average Bonchev–Trinajstić information content (AvgIpc) is 2.46. The molecule has 1 saturated heterocycles. The predicted molar refractivity (Wildman–Crippen MR) is 70.4 cm³/mol. The number of carbonyl (C=O) groups is 1. The summed E-state index contributed by atoms with van der Waals surface area (Å²) in [7, 11) is 0. The molecule has 1 aromatic rings. The monoisotopic (exact) mass is 262 g/mol. The van der Waals surface area contributed by atoms with E-state index in [9.17, 15) is 9.18 Å². The molecule has 19 heavy (non-hydrogen) atoms. The number of halogens is 1. The van der Waals surface area contributed by atoms with E-state index >= 15 is 0 Å². The van der Waals surface area contributed by atoms with Gasteiger partial charge in [0.05, 0.1) is 12.2 Å². The number of aromatic nitrogens is 1. The second-order valence-corrected chi connectivity index (χ2v) is 5.70. The molecular formula is C15H19FN2O. The lowest BCUT2D eigenvalue weighted by Crippen LogP contribution is -2.52. The van der Waals surface area contributed by atoms with E-state index < -0.39 is 5.82 Å². The van der Waals surface area contributed by atoms with Gasteiger partial charge in [0.2, 0.25) is 0 Å². The molecule has 2 heterocycles. The van der Waals surface area contributed by atoms with E-state index in [0.29, 0.717) is 11.6 Å². The lowest BCUT2D eigenvalue weighted by molar-refractivity contribution is 0.0860. The molecule has 3 unspecified atom stereocenters. The molecule has 4 heteroatoms. The minimum Gasteiger partial charge on any atom is -0.304 e. The number of hydrogen-bond acceptors (Lipinski definition) is 3. The number of fused-ring (bicyclic) bond motifs is 1. The van der Waals surface area contributed by atoms with Crippen LogP contribution in [0.25, 0.3) is 0 Å². The lowest BCUT2D eigenvalue weighted by atomic mass is 9.77. The third-order valence-corrected chi connectivity index (χ3v) is 4.46. The first-order valence-corrected chi connectivity index (χ1v) is 7.15. The number of piperidine rings is 1. The summed E-state index contributed by atoms with van der Waals surface area (Å²) in [5.74, 6) is 0.261. The molecule has 102 valence electrons. The molecule has 3 atom stereocenters. The van der Waals surface area contributed by atoms with Gasteiger partial charge in [0.1, 0.15) is 5.82 Å². The van der Waals surface area contributed by atoms with Gasteiger partial charge in [0.25, 0.3) is 0 Å². The van der Waals surface area contributed by atoms with Crippen molar-refractivity contribution in [3.63, 3.8) is 0 Å². The van der Waals surface area contributed by atoms with Gasteiger partial charge in [-0.15, -0.1) is 0 Å². The van der Waals surface area contributed by atoms with Crippen LogP contribution in [0.1, 0.15) is 48.9 Å². The van der Waals surface area contributed by atoms with Crippen molar-refractivity contribution in [2.75, 3.05) is 0 Å².